The standard InChI is InChI=1S/C31H41N3O7/c1-31(2,3)41-30(37)33(4)25(18-22-10-11-22)28(35)40-26(29(36)39-21-23-8-6-5-7-9-23)19-24-12-13-27(32-20-24)34-14-16-38-17-15-34/h5-9,12-13,20,22,25-26H,10-11,14-19,21H2,1-4H3/t25-,26+/m0/s1. The maximum atomic E-state index is 13.5. The molecule has 10 nitrogen and oxygen atoms in total. The summed E-state index contributed by atoms with van der Waals surface area (Å²) in [5.41, 5.74) is 0.818. The molecule has 2 atom stereocenters. The highest BCUT2D eigenvalue weighted by Gasteiger charge is 2.38. The monoisotopic (exact) mass is 567 g/mol. The quantitative estimate of drug-likeness (QED) is 0.292. The van der Waals surface area contributed by atoms with E-state index in [1.54, 1.807) is 27.0 Å². The van der Waals surface area contributed by atoms with Gasteiger partial charge in [0, 0.05) is 32.8 Å². The van der Waals surface area contributed by atoms with Crippen molar-refractivity contribution < 1.29 is 33.3 Å². The Hall–Kier alpha value is -3.66. The maximum absolute atomic E-state index is 13.5. The molecule has 0 N–H and O–H groups in total. The number of morpholine rings is 1. The van der Waals surface area contributed by atoms with E-state index in [-0.39, 0.29) is 13.0 Å². The second kappa shape index (κ2) is 13.8. The first-order valence-corrected chi connectivity index (χ1v) is 14.2. The molecule has 0 radical (unpaired) electrons. The number of amides is 1. The number of esters is 2. The molecule has 0 spiro atoms. The summed E-state index contributed by atoms with van der Waals surface area (Å²) in [5, 5.41) is 0. The van der Waals surface area contributed by atoms with E-state index in [2.05, 4.69) is 9.88 Å². The first kappa shape index (κ1) is 30.3. The predicted molar refractivity (Wildman–Crippen MR) is 152 cm³/mol. The molecule has 1 aromatic heterocycles. The van der Waals surface area contributed by atoms with Gasteiger partial charge in [-0.3, -0.25) is 4.90 Å². The lowest BCUT2D eigenvalue weighted by Crippen LogP contribution is -2.47. The van der Waals surface area contributed by atoms with Crippen molar-refractivity contribution >= 4 is 23.8 Å². The van der Waals surface area contributed by atoms with Crippen LogP contribution in [-0.4, -0.2) is 79.0 Å². The number of anilines is 1. The summed E-state index contributed by atoms with van der Waals surface area (Å²) in [5.74, 6) is -0.187. The molecular formula is C31H41N3O7. The average molecular weight is 568 g/mol. The van der Waals surface area contributed by atoms with Crippen LogP contribution in [0.4, 0.5) is 10.6 Å². The van der Waals surface area contributed by atoms with Gasteiger partial charge in [-0.2, -0.15) is 0 Å². The Morgan fingerprint density at radius 3 is 2.34 bits per heavy atom. The van der Waals surface area contributed by atoms with Crippen LogP contribution in [0.5, 0.6) is 0 Å². The number of benzene rings is 1. The van der Waals surface area contributed by atoms with Crippen LogP contribution in [0.2, 0.25) is 0 Å². The second-order valence-corrected chi connectivity index (χ2v) is 11.6. The van der Waals surface area contributed by atoms with Crippen LogP contribution in [0.15, 0.2) is 48.7 Å². The molecule has 0 bridgehead atoms. The van der Waals surface area contributed by atoms with E-state index >= 15 is 0 Å². The van der Waals surface area contributed by atoms with Crippen LogP contribution in [-0.2, 0) is 41.6 Å². The summed E-state index contributed by atoms with van der Waals surface area (Å²) in [6.07, 6.45) is 2.34. The number of rotatable bonds is 11. The minimum absolute atomic E-state index is 0.0469. The smallest absolute Gasteiger partial charge is 0.410 e. The zero-order valence-electron chi connectivity index (χ0n) is 24.4. The zero-order valence-corrected chi connectivity index (χ0v) is 24.4. The molecule has 41 heavy (non-hydrogen) atoms. The normalized spacial score (nSPS) is 16.8. The summed E-state index contributed by atoms with van der Waals surface area (Å²) in [6, 6.07) is 12.2. The summed E-state index contributed by atoms with van der Waals surface area (Å²) in [6.45, 7) is 8.16. The topological polar surface area (TPSA) is 108 Å². The van der Waals surface area contributed by atoms with Gasteiger partial charge in [0.05, 0.1) is 13.2 Å². The van der Waals surface area contributed by atoms with Crippen molar-refractivity contribution in [1.29, 1.82) is 0 Å². The van der Waals surface area contributed by atoms with Gasteiger partial charge in [-0.15, -0.1) is 0 Å². The zero-order chi connectivity index (χ0) is 29.4. The number of likely N-dealkylation sites (N-methyl/N-ethyl adjacent to an activating group) is 1. The summed E-state index contributed by atoms with van der Waals surface area (Å²) < 4.78 is 22.3. The van der Waals surface area contributed by atoms with Crippen LogP contribution in [0.25, 0.3) is 0 Å². The SMILES string of the molecule is CN(C(=O)OC(C)(C)C)[C@@H](CC1CC1)C(=O)O[C@H](Cc1ccc(N2CCOCC2)nc1)C(=O)OCc1ccccc1. The first-order chi connectivity index (χ1) is 19.6. The molecule has 2 aliphatic rings. The lowest BCUT2D eigenvalue weighted by molar-refractivity contribution is -0.171. The molecule has 0 unspecified atom stereocenters. The van der Waals surface area contributed by atoms with Crippen LogP contribution in [0.1, 0.15) is 51.2 Å². The van der Waals surface area contributed by atoms with Gasteiger partial charge in [0.1, 0.15) is 24.1 Å². The third-order valence-electron chi connectivity index (χ3n) is 6.99. The molecular weight excluding hydrogens is 526 g/mol. The van der Waals surface area contributed by atoms with E-state index in [4.69, 9.17) is 18.9 Å². The Kier molecular flexibility index (Phi) is 10.2. The molecule has 1 amide bonds. The van der Waals surface area contributed by atoms with Gasteiger partial charge >= 0.3 is 18.0 Å². The van der Waals surface area contributed by atoms with E-state index in [9.17, 15) is 14.4 Å². The Balaban J connectivity index is 1.48. The maximum Gasteiger partial charge on any atom is 0.410 e. The summed E-state index contributed by atoms with van der Waals surface area (Å²) in [4.78, 5) is 47.6. The Morgan fingerprint density at radius 2 is 1.73 bits per heavy atom. The number of carbonyl (C=O) groups is 3. The van der Waals surface area contributed by atoms with Crippen molar-refractivity contribution in [2.75, 3.05) is 38.3 Å². The molecule has 222 valence electrons. The van der Waals surface area contributed by atoms with Crippen LogP contribution in [0.3, 0.4) is 0 Å². The molecule has 4 rings (SSSR count). The number of nitrogens with zero attached hydrogens (tertiary/aromatic N) is 3. The molecule has 2 fully saturated rings. The molecule has 10 heteroatoms. The average Bonchev–Trinajstić information content (AvgIpc) is 3.79. The molecule has 1 aliphatic carbocycles. The third kappa shape index (κ3) is 9.45. The van der Waals surface area contributed by atoms with E-state index in [1.165, 1.54) is 11.9 Å². The minimum Gasteiger partial charge on any atom is -0.458 e. The Labute approximate surface area is 241 Å². The molecule has 1 aromatic carbocycles. The molecule has 2 heterocycles. The number of hydrogen-bond acceptors (Lipinski definition) is 9. The van der Waals surface area contributed by atoms with E-state index in [1.807, 2.05) is 42.5 Å². The van der Waals surface area contributed by atoms with Gasteiger partial charge in [0.2, 0.25) is 6.10 Å². The van der Waals surface area contributed by atoms with Gasteiger partial charge in [-0.25, -0.2) is 19.4 Å². The second-order valence-electron chi connectivity index (χ2n) is 11.6. The first-order valence-electron chi connectivity index (χ1n) is 14.2. The van der Waals surface area contributed by atoms with Gasteiger partial charge in [0.25, 0.3) is 0 Å². The molecule has 1 saturated carbocycles. The fourth-order valence-corrected chi connectivity index (χ4v) is 4.49. The molecule has 2 aromatic rings. The summed E-state index contributed by atoms with van der Waals surface area (Å²) >= 11 is 0. The fourth-order valence-electron chi connectivity index (χ4n) is 4.49. The summed E-state index contributed by atoms with van der Waals surface area (Å²) in [7, 11) is 1.53. The number of carbonyl (C=O) groups excluding carboxylic acids is 3. The van der Waals surface area contributed by atoms with E-state index in [0.29, 0.717) is 25.6 Å². The molecule has 1 aliphatic heterocycles. The van der Waals surface area contributed by atoms with Crippen LogP contribution in [0, 0.1) is 5.92 Å². The Morgan fingerprint density at radius 1 is 1.02 bits per heavy atom. The van der Waals surface area contributed by atoms with Crippen molar-refractivity contribution in [3.05, 3.63) is 59.8 Å². The lowest BCUT2D eigenvalue weighted by Gasteiger charge is -2.30. The number of pyridine rings is 1. The number of hydrogen-bond donors (Lipinski definition) is 0. The largest absolute Gasteiger partial charge is 0.458 e. The highest BCUT2D eigenvalue weighted by molar-refractivity contribution is 5.85. The molecule has 1 saturated heterocycles. The van der Waals surface area contributed by atoms with Crippen molar-refractivity contribution in [1.82, 2.24) is 9.88 Å². The van der Waals surface area contributed by atoms with Crippen LogP contribution >= 0.6 is 0 Å². The number of ether oxygens (including phenoxy) is 4. The Bertz CT molecular complexity index is 1160. The minimum atomic E-state index is -1.21. The van der Waals surface area contributed by atoms with Crippen molar-refractivity contribution in [2.45, 2.75) is 70.8 Å². The van der Waals surface area contributed by atoms with Gasteiger partial charge < -0.3 is 23.8 Å². The van der Waals surface area contributed by atoms with Crippen molar-refractivity contribution in [3.63, 3.8) is 0 Å². The van der Waals surface area contributed by atoms with Crippen molar-refractivity contribution in [2.24, 2.45) is 5.92 Å². The van der Waals surface area contributed by atoms with Gasteiger partial charge in [-0.1, -0.05) is 49.2 Å². The van der Waals surface area contributed by atoms with Crippen molar-refractivity contribution in [3.8, 4) is 0 Å². The van der Waals surface area contributed by atoms with E-state index < -0.39 is 35.8 Å². The number of aromatic nitrogens is 1. The third-order valence-corrected chi connectivity index (χ3v) is 6.99. The van der Waals surface area contributed by atoms with Gasteiger partial charge in [0.15, 0.2) is 0 Å². The predicted octanol–water partition coefficient (Wildman–Crippen LogP) is 4.15. The van der Waals surface area contributed by atoms with Gasteiger partial charge in [-0.05, 0) is 50.3 Å². The highest BCUT2D eigenvalue weighted by Crippen LogP contribution is 2.35. The lowest BCUT2D eigenvalue weighted by atomic mass is 10.1. The van der Waals surface area contributed by atoms with E-state index in [0.717, 1.165) is 42.9 Å². The fraction of sp³-hybridized carbons (Fsp3) is 0.548. The van der Waals surface area contributed by atoms with Crippen LogP contribution < -0.4 is 4.90 Å². The highest BCUT2D eigenvalue weighted by atomic mass is 16.6.